The van der Waals surface area contributed by atoms with Crippen molar-refractivity contribution in [1.29, 1.82) is 0 Å². The van der Waals surface area contributed by atoms with Crippen molar-refractivity contribution in [2.45, 2.75) is 18.5 Å². The molecule has 5 rings (SSSR count). The summed E-state index contributed by atoms with van der Waals surface area (Å²) in [6, 6.07) is 12.3. The van der Waals surface area contributed by atoms with Gasteiger partial charge < -0.3 is 4.74 Å². The summed E-state index contributed by atoms with van der Waals surface area (Å²) in [5.41, 5.74) is 0.939. The normalized spacial score (nSPS) is 26.2. The lowest BCUT2D eigenvalue weighted by molar-refractivity contribution is -0.384. The zero-order chi connectivity index (χ0) is 21.0. The van der Waals surface area contributed by atoms with Gasteiger partial charge in [0.1, 0.15) is 11.8 Å². The molecule has 3 fully saturated rings. The van der Waals surface area contributed by atoms with Crippen LogP contribution in [0, 0.1) is 16.0 Å². The minimum absolute atomic E-state index is 0.158. The summed E-state index contributed by atoms with van der Waals surface area (Å²) in [4.78, 5) is 38.7. The molecule has 2 aromatic carbocycles. The molecule has 9 nitrogen and oxygen atoms in total. The Labute approximate surface area is 172 Å². The van der Waals surface area contributed by atoms with Gasteiger partial charge in [-0.05, 0) is 18.6 Å². The van der Waals surface area contributed by atoms with Crippen molar-refractivity contribution in [3.63, 3.8) is 0 Å². The van der Waals surface area contributed by atoms with Crippen LogP contribution in [0.5, 0.6) is 5.75 Å². The molecule has 3 heterocycles. The average molecular weight is 408 g/mol. The molecule has 30 heavy (non-hydrogen) atoms. The molecule has 154 valence electrons. The number of amides is 2. The van der Waals surface area contributed by atoms with Crippen molar-refractivity contribution < 1.29 is 19.2 Å². The summed E-state index contributed by atoms with van der Waals surface area (Å²) >= 11 is 0. The number of ether oxygens (including phenoxy) is 1. The number of hydrogen-bond acceptors (Lipinski definition) is 7. The lowest BCUT2D eigenvalue weighted by atomic mass is 9.89. The van der Waals surface area contributed by atoms with Gasteiger partial charge in [-0.1, -0.05) is 24.3 Å². The molecule has 0 spiro atoms. The Morgan fingerprint density at radius 3 is 2.47 bits per heavy atom. The molecule has 3 aliphatic heterocycles. The Kier molecular flexibility index (Phi) is 4.30. The van der Waals surface area contributed by atoms with Gasteiger partial charge in [0, 0.05) is 30.8 Å². The molecule has 0 aromatic heterocycles. The van der Waals surface area contributed by atoms with E-state index in [0.717, 1.165) is 23.4 Å². The zero-order valence-electron chi connectivity index (χ0n) is 16.3. The van der Waals surface area contributed by atoms with Crippen molar-refractivity contribution in [2.75, 3.05) is 25.1 Å². The average Bonchev–Trinajstić information content (AvgIpc) is 3.40. The maximum absolute atomic E-state index is 13.5. The molecule has 0 aliphatic carbocycles. The fourth-order valence-corrected chi connectivity index (χ4v) is 5.00. The van der Waals surface area contributed by atoms with E-state index >= 15 is 0 Å². The van der Waals surface area contributed by atoms with Gasteiger partial charge in [-0.2, -0.15) is 0 Å². The lowest BCUT2D eigenvalue weighted by Crippen LogP contribution is -2.44. The molecule has 0 unspecified atom stereocenters. The molecule has 2 aromatic rings. The lowest BCUT2D eigenvalue weighted by Gasteiger charge is -2.30. The van der Waals surface area contributed by atoms with Crippen LogP contribution in [0.1, 0.15) is 18.0 Å². The number of rotatable bonds is 4. The number of nitrogens with zero attached hydrogens (tertiary/aromatic N) is 4. The number of carbonyl (C=O) groups excluding carboxylic acids is 2. The summed E-state index contributed by atoms with van der Waals surface area (Å²) in [5, 5.41) is 15.3. The van der Waals surface area contributed by atoms with Gasteiger partial charge >= 0.3 is 0 Å². The van der Waals surface area contributed by atoms with E-state index in [1.165, 1.54) is 18.2 Å². The van der Waals surface area contributed by atoms with E-state index in [4.69, 9.17) is 4.74 Å². The van der Waals surface area contributed by atoms with E-state index in [2.05, 4.69) is 5.01 Å². The second-order valence-electron chi connectivity index (χ2n) is 7.63. The van der Waals surface area contributed by atoms with Crippen molar-refractivity contribution in [3.05, 3.63) is 64.2 Å². The number of hydrazine groups is 1. The van der Waals surface area contributed by atoms with Crippen LogP contribution in [0.2, 0.25) is 0 Å². The molecular formula is C21H20N4O5. The summed E-state index contributed by atoms with van der Waals surface area (Å²) < 4.78 is 5.54. The van der Waals surface area contributed by atoms with Crippen molar-refractivity contribution in [1.82, 2.24) is 10.0 Å². The largest absolute Gasteiger partial charge is 0.496 e. The molecule has 0 N–H and O–H groups in total. The highest BCUT2D eigenvalue weighted by atomic mass is 16.6. The third-order valence-electron chi connectivity index (χ3n) is 6.16. The molecule has 3 atom stereocenters. The predicted molar refractivity (Wildman–Crippen MR) is 107 cm³/mol. The van der Waals surface area contributed by atoms with Crippen LogP contribution in [0.4, 0.5) is 11.4 Å². The maximum atomic E-state index is 13.5. The van der Waals surface area contributed by atoms with E-state index in [1.807, 2.05) is 29.3 Å². The standard InChI is InChI=1S/C21H20N4O5/c1-30-16-9-3-2-8-15(16)18-17-19(23-11-5-10-22(18)23)21(27)24(20(17)26)13-6-4-7-14(12-13)25(28)29/h2-4,6-9,12,17-19H,5,10-11H2,1H3/t17-,18+,19+/m0/s1. The van der Waals surface area contributed by atoms with Gasteiger partial charge in [-0.25, -0.2) is 14.9 Å². The number of anilines is 1. The second-order valence-corrected chi connectivity index (χ2v) is 7.63. The van der Waals surface area contributed by atoms with E-state index in [1.54, 1.807) is 13.2 Å². The summed E-state index contributed by atoms with van der Waals surface area (Å²) in [5.74, 6) is -0.608. The summed E-state index contributed by atoms with van der Waals surface area (Å²) in [7, 11) is 1.59. The van der Waals surface area contributed by atoms with Crippen molar-refractivity contribution in [3.8, 4) is 5.75 Å². The third-order valence-corrected chi connectivity index (χ3v) is 6.16. The number of para-hydroxylation sites is 1. The minimum Gasteiger partial charge on any atom is -0.496 e. The topological polar surface area (TPSA) is 96.2 Å². The van der Waals surface area contributed by atoms with Gasteiger partial charge in [0.05, 0.1) is 29.7 Å². The first-order valence-corrected chi connectivity index (χ1v) is 9.81. The Balaban J connectivity index is 1.60. The number of carbonyl (C=O) groups is 2. The number of hydrogen-bond donors (Lipinski definition) is 0. The molecule has 3 aliphatic rings. The first kappa shape index (κ1) is 18.7. The van der Waals surface area contributed by atoms with Crippen LogP contribution in [-0.2, 0) is 9.59 Å². The number of methoxy groups -OCH3 is 1. The number of nitro benzene ring substituents is 1. The number of nitro groups is 1. The molecular weight excluding hydrogens is 388 g/mol. The van der Waals surface area contributed by atoms with Gasteiger partial charge in [-0.3, -0.25) is 19.7 Å². The first-order valence-electron chi connectivity index (χ1n) is 9.81. The Morgan fingerprint density at radius 2 is 1.73 bits per heavy atom. The molecule has 9 heteroatoms. The Hall–Kier alpha value is -3.30. The summed E-state index contributed by atoms with van der Waals surface area (Å²) in [6.45, 7) is 1.45. The monoisotopic (exact) mass is 408 g/mol. The van der Waals surface area contributed by atoms with E-state index in [-0.39, 0.29) is 29.2 Å². The van der Waals surface area contributed by atoms with Gasteiger partial charge in [-0.15, -0.1) is 0 Å². The molecule has 0 saturated carbocycles. The van der Waals surface area contributed by atoms with Crippen LogP contribution in [0.15, 0.2) is 48.5 Å². The fourth-order valence-electron chi connectivity index (χ4n) is 5.00. The first-order chi connectivity index (χ1) is 14.5. The van der Waals surface area contributed by atoms with Crippen LogP contribution < -0.4 is 9.64 Å². The molecule has 0 radical (unpaired) electrons. The zero-order valence-corrected chi connectivity index (χ0v) is 16.3. The quantitative estimate of drug-likeness (QED) is 0.434. The van der Waals surface area contributed by atoms with Crippen LogP contribution in [-0.4, -0.2) is 53.0 Å². The van der Waals surface area contributed by atoms with Crippen LogP contribution >= 0.6 is 0 Å². The SMILES string of the molecule is COc1ccccc1[C@@H]1[C@@H]2C(=O)N(c3cccc([N+](=O)[O-])c3)C(=O)[C@@H]2N2CCCN12. The van der Waals surface area contributed by atoms with Crippen molar-refractivity contribution >= 4 is 23.2 Å². The smallest absolute Gasteiger partial charge is 0.271 e. The number of benzene rings is 2. The highest BCUT2D eigenvalue weighted by Crippen LogP contribution is 2.50. The number of non-ortho nitro benzene ring substituents is 1. The van der Waals surface area contributed by atoms with E-state index in [9.17, 15) is 19.7 Å². The van der Waals surface area contributed by atoms with Crippen molar-refractivity contribution in [2.24, 2.45) is 5.92 Å². The third kappa shape index (κ3) is 2.55. The van der Waals surface area contributed by atoms with Crippen LogP contribution in [0.3, 0.4) is 0 Å². The molecule has 2 amide bonds. The predicted octanol–water partition coefficient (Wildman–Crippen LogP) is 2.14. The number of imide groups is 1. The Morgan fingerprint density at radius 1 is 1.00 bits per heavy atom. The maximum Gasteiger partial charge on any atom is 0.271 e. The van der Waals surface area contributed by atoms with E-state index < -0.39 is 16.9 Å². The highest BCUT2D eigenvalue weighted by Gasteiger charge is 2.63. The fraction of sp³-hybridized carbons (Fsp3) is 0.333. The summed E-state index contributed by atoms with van der Waals surface area (Å²) in [6.07, 6.45) is 0.896. The molecule has 0 bridgehead atoms. The second kappa shape index (κ2) is 6.89. The van der Waals surface area contributed by atoms with Crippen LogP contribution in [0.25, 0.3) is 0 Å². The van der Waals surface area contributed by atoms with Gasteiger partial charge in [0.2, 0.25) is 5.91 Å². The van der Waals surface area contributed by atoms with Gasteiger partial charge in [0.15, 0.2) is 0 Å². The van der Waals surface area contributed by atoms with E-state index in [0.29, 0.717) is 12.3 Å². The highest BCUT2D eigenvalue weighted by molar-refractivity contribution is 6.24. The minimum atomic E-state index is -0.617. The number of fused-ring (bicyclic) bond motifs is 3. The Bertz CT molecular complexity index is 1060. The van der Waals surface area contributed by atoms with Gasteiger partial charge in [0.25, 0.3) is 11.6 Å². The molecule has 3 saturated heterocycles.